The second-order valence-corrected chi connectivity index (χ2v) is 6.92. The molecule has 0 fully saturated rings. The number of hydrogen-bond donors (Lipinski definition) is 2. The summed E-state index contributed by atoms with van der Waals surface area (Å²) in [5.41, 5.74) is 1.68. The Hall–Kier alpha value is -3.06. The first kappa shape index (κ1) is 19.7. The molecular formula is C21H21N3O3S. The summed E-state index contributed by atoms with van der Waals surface area (Å²) in [7, 11) is 0. The summed E-state index contributed by atoms with van der Waals surface area (Å²) in [6, 6.07) is 16.6. The molecule has 0 atom stereocenters. The topological polar surface area (TPSA) is 84.1 Å². The molecule has 2 aromatic carbocycles. The summed E-state index contributed by atoms with van der Waals surface area (Å²) >= 11 is 1.38. The van der Waals surface area contributed by atoms with Crippen LogP contribution in [0.2, 0.25) is 0 Å². The third-order valence-electron chi connectivity index (χ3n) is 4.11. The first-order chi connectivity index (χ1) is 13.5. The second kappa shape index (κ2) is 9.23. The molecule has 0 saturated heterocycles. The molecule has 6 nitrogen and oxygen atoms in total. The Kier molecular flexibility index (Phi) is 6.49. The quantitative estimate of drug-likeness (QED) is 0.463. The van der Waals surface area contributed by atoms with E-state index in [1.807, 2.05) is 36.6 Å². The van der Waals surface area contributed by atoms with E-state index in [9.17, 15) is 9.59 Å². The van der Waals surface area contributed by atoms with Crippen LogP contribution >= 0.6 is 11.8 Å². The van der Waals surface area contributed by atoms with Crippen LogP contribution in [0.4, 0.5) is 5.69 Å². The highest BCUT2D eigenvalue weighted by molar-refractivity contribution is 7.98. The van der Waals surface area contributed by atoms with Gasteiger partial charge in [-0.15, -0.1) is 0 Å². The summed E-state index contributed by atoms with van der Waals surface area (Å²) in [4.78, 5) is 31.4. The van der Waals surface area contributed by atoms with Crippen LogP contribution in [0, 0.1) is 6.92 Å². The van der Waals surface area contributed by atoms with Crippen LogP contribution in [0.5, 0.6) is 11.5 Å². The number of rotatable bonds is 7. The number of aromatic amines is 1. The summed E-state index contributed by atoms with van der Waals surface area (Å²) in [5.74, 6) is 1.27. The van der Waals surface area contributed by atoms with Gasteiger partial charge in [0.2, 0.25) is 5.91 Å². The van der Waals surface area contributed by atoms with Gasteiger partial charge in [-0.3, -0.25) is 9.59 Å². The van der Waals surface area contributed by atoms with Gasteiger partial charge in [-0.1, -0.05) is 30.0 Å². The maximum absolute atomic E-state index is 12.2. The van der Waals surface area contributed by atoms with Gasteiger partial charge in [-0.2, -0.15) is 0 Å². The molecule has 1 amide bonds. The van der Waals surface area contributed by atoms with E-state index >= 15 is 0 Å². The van der Waals surface area contributed by atoms with Crippen molar-refractivity contribution in [2.24, 2.45) is 0 Å². The number of nitrogens with zero attached hydrogens (tertiary/aromatic N) is 1. The summed E-state index contributed by atoms with van der Waals surface area (Å²) < 4.78 is 5.73. The van der Waals surface area contributed by atoms with E-state index in [1.165, 1.54) is 11.8 Å². The van der Waals surface area contributed by atoms with Gasteiger partial charge >= 0.3 is 0 Å². The van der Waals surface area contributed by atoms with E-state index in [1.54, 1.807) is 31.2 Å². The molecule has 0 aliphatic heterocycles. The standard InChI is InChI=1S/C21H21N3O3S/c1-14-18(20(26)24-21(22-14)28-2)12-13-19(25)23-15-8-10-17(11-9-15)27-16-6-4-3-5-7-16/h3-11H,12-13H2,1-2H3,(H,23,25)(H,22,24,26). The highest BCUT2D eigenvalue weighted by Crippen LogP contribution is 2.22. The minimum Gasteiger partial charge on any atom is -0.457 e. The van der Waals surface area contributed by atoms with Crippen molar-refractivity contribution < 1.29 is 9.53 Å². The first-order valence-corrected chi connectivity index (χ1v) is 10.0. The van der Waals surface area contributed by atoms with Crippen molar-refractivity contribution in [3.05, 3.63) is 76.2 Å². The van der Waals surface area contributed by atoms with Gasteiger partial charge in [0.1, 0.15) is 11.5 Å². The highest BCUT2D eigenvalue weighted by atomic mass is 32.2. The minimum atomic E-state index is -0.188. The summed E-state index contributed by atoms with van der Waals surface area (Å²) in [6.07, 6.45) is 2.39. The van der Waals surface area contributed by atoms with E-state index in [-0.39, 0.29) is 17.9 Å². The molecule has 0 aliphatic rings. The highest BCUT2D eigenvalue weighted by Gasteiger charge is 2.11. The molecule has 144 valence electrons. The van der Waals surface area contributed by atoms with Gasteiger partial charge in [-0.25, -0.2) is 4.98 Å². The third-order valence-corrected chi connectivity index (χ3v) is 4.69. The summed E-state index contributed by atoms with van der Waals surface area (Å²) in [5, 5.41) is 3.41. The van der Waals surface area contributed by atoms with Crippen LogP contribution in [0.1, 0.15) is 17.7 Å². The van der Waals surface area contributed by atoms with Gasteiger partial charge in [0.05, 0.1) is 0 Å². The van der Waals surface area contributed by atoms with Crippen LogP contribution in [-0.4, -0.2) is 22.1 Å². The smallest absolute Gasteiger partial charge is 0.254 e. The van der Waals surface area contributed by atoms with E-state index in [0.29, 0.717) is 34.3 Å². The average Bonchev–Trinajstić information content (AvgIpc) is 2.69. The van der Waals surface area contributed by atoms with Crippen molar-refractivity contribution in [1.82, 2.24) is 9.97 Å². The van der Waals surface area contributed by atoms with Crippen LogP contribution in [0.15, 0.2) is 64.5 Å². The zero-order valence-corrected chi connectivity index (χ0v) is 16.5. The van der Waals surface area contributed by atoms with Gasteiger partial charge in [0.25, 0.3) is 5.56 Å². The molecule has 0 radical (unpaired) electrons. The fraction of sp³-hybridized carbons (Fsp3) is 0.190. The minimum absolute atomic E-state index is 0.163. The number of carbonyl (C=O) groups is 1. The van der Waals surface area contributed by atoms with E-state index in [0.717, 1.165) is 5.75 Å². The molecule has 2 N–H and O–H groups in total. The zero-order valence-electron chi connectivity index (χ0n) is 15.7. The number of carbonyl (C=O) groups excluding carboxylic acids is 1. The molecule has 1 aromatic heterocycles. The molecule has 0 bridgehead atoms. The van der Waals surface area contributed by atoms with Crippen molar-refractivity contribution in [3.8, 4) is 11.5 Å². The SMILES string of the molecule is CSc1nc(C)c(CCC(=O)Nc2ccc(Oc3ccccc3)cc2)c(=O)[nH]1. The Morgan fingerprint density at radius 3 is 2.43 bits per heavy atom. The Morgan fingerprint density at radius 2 is 1.79 bits per heavy atom. The van der Waals surface area contributed by atoms with Crippen LogP contribution in [0.3, 0.4) is 0 Å². The van der Waals surface area contributed by atoms with Crippen LogP contribution < -0.4 is 15.6 Å². The van der Waals surface area contributed by atoms with E-state index < -0.39 is 0 Å². The molecule has 0 unspecified atom stereocenters. The van der Waals surface area contributed by atoms with Gasteiger partial charge in [0.15, 0.2) is 5.16 Å². The normalized spacial score (nSPS) is 10.5. The Bertz CT molecular complexity index is 1000. The van der Waals surface area contributed by atoms with Crippen molar-refractivity contribution in [2.45, 2.75) is 24.9 Å². The number of hydrogen-bond acceptors (Lipinski definition) is 5. The van der Waals surface area contributed by atoms with Crippen LogP contribution in [0.25, 0.3) is 0 Å². The van der Waals surface area contributed by atoms with Crippen molar-refractivity contribution in [1.29, 1.82) is 0 Å². The molecule has 1 heterocycles. The Labute approximate surface area is 167 Å². The number of amides is 1. The van der Waals surface area contributed by atoms with Crippen molar-refractivity contribution >= 4 is 23.4 Å². The lowest BCUT2D eigenvalue weighted by Gasteiger charge is -2.09. The number of aromatic nitrogens is 2. The molecule has 28 heavy (non-hydrogen) atoms. The predicted molar refractivity (Wildman–Crippen MR) is 111 cm³/mol. The maximum Gasteiger partial charge on any atom is 0.254 e. The maximum atomic E-state index is 12.2. The lowest BCUT2D eigenvalue weighted by atomic mass is 10.1. The Balaban J connectivity index is 1.56. The molecule has 0 saturated carbocycles. The predicted octanol–water partition coefficient (Wildman–Crippen LogP) is 4.16. The number of ether oxygens (including phenoxy) is 1. The monoisotopic (exact) mass is 395 g/mol. The zero-order chi connectivity index (χ0) is 19.9. The van der Waals surface area contributed by atoms with E-state index in [4.69, 9.17) is 4.74 Å². The number of anilines is 1. The lowest BCUT2D eigenvalue weighted by Crippen LogP contribution is -2.20. The molecule has 3 aromatic rings. The first-order valence-electron chi connectivity index (χ1n) is 8.82. The number of H-pyrrole nitrogens is 1. The fourth-order valence-corrected chi connectivity index (χ4v) is 3.09. The number of para-hydroxylation sites is 1. The Morgan fingerprint density at radius 1 is 1.11 bits per heavy atom. The van der Waals surface area contributed by atoms with Crippen molar-refractivity contribution in [2.75, 3.05) is 11.6 Å². The number of thioether (sulfide) groups is 1. The lowest BCUT2D eigenvalue weighted by molar-refractivity contribution is -0.116. The third kappa shape index (κ3) is 5.23. The molecule has 3 rings (SSSR count). The van der Waals surface area contributed by atoms with Crippen molar-refractivity contribution in [3.63, 3.8) is 0 Å². The molecule has 0 spiro atoms. The molecule has 0 aliphatic carbocycles. The summed E-state index contributed by atoms with van der Waals surface area (Å²) in [6.45, 7) is 1.79. The van der Waals surface area contributed by atoms with Gasteiger partial charge < -0.3 is 15.0 Å². The van der Waals surface area contributed by atoms with Gasteiger partial charge in [0, 0.05) is 23.4 Å². The van der Waals surface area contributed by atoms with E-state index in [2.05, 4.69) is 15.3 Å². The van der Waals surface area contributed by atoms with Gasteiger partial charge in [-0.05, 0) is 56.0 Å². The molecular weight excluding hydrogens is 374 g/mol. The molecule has 7 heteroatoms. The average molecular weight is 395 g/mol. The largest absolute Gasteiger partial charge is 0.457 e. The fourth-order valence-electron chi connectivity index (χ4n) is 2.67. The number of benzene rings is 2. The number of aryl methyl sites for hydroxylation is 1. The number of nitrogens with one attached hydrogen (secondary N) is 2. The second-order valence-electron chi connectivity index (χ2n) is 6.13. The van der Waals surface area contributed by atoms with Crippen LogP contribution in [-0.2, 0) is 11.2 Å².